The fourth-order valence-electron chi connectivity index (χ4n) is 2.52. The number of aliphatic hydroxyl groups excluding tert-OH is 1. The van der Waals surface area contributed by atoms with Crippen LogP contribution in [0.4, 0.5) is 0 Å². The van der Waals surface area contributed by atoms with Crippen molar-refractivity contribution in [2.24, 2.45) is 0 Å². The fraction of sp³-hybridized carbons (Fsp3) is 0.600. The first kappa shape index (κ1) is 14.0. The number of amides is 1. The highest BCUT2D eigenvalue weighted by atomic mass is 16.3. The smallest absolute Gasteiger partial charge is 0.220 e. The quantitative estimate of drug-likeness (QED) is 0.851. The molecule has 1 aliphatic rings. The molecule has 0 spiro atoms. The molecule has 1 aliphatic carbocycles. The van der Waals surface area contributed by atoms with Gasteiger partial charge in [-0.3, -0.25) is 9.78 Å². The summed E-state index contributed by atoms with van der Waals surface area (Å²) >= 11 is 0. The predicted molar refractivity (Wildman–Crippen MR) is 73.6 cm³/mol. The van der Waals surface area contributed by atoms with Crippen molar-refractivity contribution in [1.29, 1.82) is 0 Å². The number of aromatic nitrogens is 1. The second kappa shape index (κ2) is 7.24. The molecule has 0 aliphatic heterocycles. The molecule has 0 radical (unpaired) electrons. The number of carbonyl (C=O) groups excluding carboxylic acids is 1. The summed E-state index contributed by atoms with van der Waals surface area (Å²) in [7, 11) is 0. The molecule has 0 saturated heterocycles. The van der Waals surface area contributed by atoms with E-state index < -0.39 is 0 Å². The summed E-state index contributed by atoms with van der Waals surface area (Å²) in [5.41, 5.74) is 1.18. The van der Waals surface area contributed by atoms with Crippen molar-refractivity contribution in [3.8, 4) is 0 Å². The lowest BCUT2D eigenvalue weighted by atomic mass is 9.93. The number of aliphatic hydroxyl groups is 1. The van der Waals surface area contributed by atoms with E-state index in [9.17, 15) is 9.90 Å². The average Bonchev–Trinajstić information content (AvgIpc) is 2.43. The highest BCUT2D eigenvalue weighted by molar-refractivity contribution is 5.76. The molecule has 1 saturated carbocycles. The molecule has 1 amide bonds. The van der Waals surface area contributed by atoms with E-state index in [2.05, 4.69) is 10.3 Å². The number of hydrogen-bond donors (Lipinski definition) is 2. The van der Waals surface area contributed by atoms with Gasteiger partial charge in [0, 0.05) is 24.9 Å². The number of hydrogen-bond acceptors (Lipinski definition) is 3. The minimum atomic E-state index is -0.168. The van der Waals surface area contributed by atoms with Gasteiger partial charge in [-0.05, 0) is 50.2 Å². The van der Waals surface area contributed by atoms with E-state index in [0.29, 0.717) is 6.42 Å². The van der Waals surface area contributed by atoms with E-state index in [-0.39, 0.29) is 18.1 Å². The monoisotopic (exact) mass is 262 g/mol. The Bertz CT molecular complexity index is 386. The van der Waals surface area contributed by atoms with Crippen LogP contribution in [0.2, 0.25) is 0 Å². The van der Waals surface area contributed by atoms with Crippen LogP contribution in [0.15, 0.2) is 24.5 Å². The fourth-order valence-corrected chi connectivity index (χ4v) is 2.52. The average molecular weight is 262 g/mol. The van der Waals surface area contributed by atoms with E-state index in [0.717, 1.165) is 38.5 Å². The Balaban J connectivity index is 1.62. The zero-order chi connectivity index (χ0) is 13.5. The molecule has 2 N–H and O–H groups in total. The van der Waals surface area contributed by atoms with Gasteiger partial charge >= 0.3 is 0 Å². The highest BCUT2D eigenvalue weighted by Crippen LogP contribution is 2.18. The van der Waals surface area contributed by atoms with E-state index in [1.807, 2.05) is 18.3 Å². The molecule has 1 heterocycles. The number of carbonyl (C=O) groups is 1. The summed E-state index contributed by atoms with van der Waals surface area (Å²) < 4.78 is 0. The van der Waals surface area contributed by atoms with Gasteiger partial charge in [-0.15, -0.1) is 0 Å². The Morgan fingerprint density at radius 2 is 2.16 bits per heavy atom. The Morgan fingerprint density at radius 3 is 2.84 bits per heavy atom. The SMILES string of the molecule is O=C(CCCc1cccnc1)NC1CCC(O)CC1. The molecule has 0 atom stereocenters. The standard InChI is InChI=1S/C15H22N2O2/c18-14-8-6-13(7-9-14)17-15(19)5-1-3-12-4-2-10-16-11-12/h2,4,10-11,13-14,18H,1,3,5-9H2,(H,17,19). The van der Waals surface area contributed by atoms with Gasteiger partial charge in [-0.25, -0.2) is 0 Å². The molecule has 4 heteroatoms. The van der Waals surface area contributed by atoms with Gasteiger partial charge in [0.1, 0.15) is 0 Å². The lowest BCUT2D eigenvalue weighted by Gasteiger charge is -2.26. The summed E-state index contributed by atoms with van der Waals surface area (Å²) in [6.45, 7) is 0. The maximum absolute atomic E-state index is 11.8. The zero-order valence-electron chi connectivity index (χ0n) is 11.2. The van der Waals surface area contributed by atoms with E-state index in [1.165, 1.54) is 5.56 Å². The van der Waals surface area contributed by atoms with Crippen molar-refractivity contribution in [2.75, 3.05) is 0 Å². The normalized spacial score (nSPS) is 23.0. The Morgan fingerprint density at radius 1 is 1.37 bits per heavy atom. The summed E-state index contributed by atoms with van der Waals surface area (Å²) in [4.78, 5) is 15.9. The van der Waals surface area contributed by atoms with Gasteiger partial charge in [0.05, 0.1) is 6.10 Å². The van der Waals surface area contributed by atoms with E-state index >= 15 is 0 Å². The lowest BCUT2D eigenvalue weighted by molar-refractivity contribution is -0.122. The number of nitrogens with zero attached hydrogens (tertiary/aromatic N) is 1. The van der Waals surface area contributed by atoms with Gasteiger partial charge in [-0.2, -0.15) is 0 Å². The van der Waals surface area contributed by atoms with E-state index in [1.54, 1.807) is 6.20 Å². The lowest BCUT2D eigenvalue weighted by Crippen LogP contribution is -2.38. The van der Waals surface area contributed by atoms with Crippen LogP contribution < -0.4 is 5.32 Å². The van der Waals surface area contributed by atoms with Gasteiger partial charge < -0.3 is 10.4 Å². The van der Waals surface area contributed by atoms with Crippen LogP contribution in [0.25, 0.3) is 0 Å². The molecule has 1 aromatic heterocycles. The second-order valence-electron chi connectivity index (χ2n) is 5.29. The molecule has 4 nitrogen and oxygen atoms in total. The third-order valence-electron chi connectivity index (χ3n) is 3.65. The first-order valence-corrected chi connectivity index (χ1v) is 7.10. The molecule has 0 bridgehead atoms. The Hall–Kier alpha value is -1.42. The van der Waals surface area contributed by atoms with Gasteiger partial charge in [0.25, 0.3) is 0 Å². The maximum Gasteiger partial charge on any atom is 0.220 e. The molecule has 104 valence electrons. The first-order valence-electron chi connectivity index (χ1n) is 7.10. The molecule has 2 rings (SSSR count). The molecule has 0 unspecified atom stereocenters. The number of rotatable bonds is 5. The summed E-state index contributed by atoms with van der Waals surface area (Å²) in [6.07, 6.45) is 9.16. The van der Waals surface area contributed by atoms with Crippen LogP contribution in [-0.2, 0) is 11.2 Å². The summed E-state index contributed by atoms with van der Waals surface area (Å²) in [6, 6.07) is 4.21. The van der Waals surface area contributed by atoms with Crippen molar-refractivity contribution in [3.63, 3.8) is 0 Å². The largest absolute Gasteiger partial charge is 0.393 e. The molecule has 1 fully saturated rings. The predicted octanol–water partition coefficient (Wildman–Crippen LogP) is 1.82. The third-order valence-corrected chi connectivity index (χ3v) is 3.65. The number of aryl methyl sites for hydroxylation is 1. The van der Waals surface area contributed by atoms with E-state index in [4.69, 9.17) is 0 Å². The van der Waals surface area contributed by atoms with Gasteiger partial charge in [0.15, 0.2) is 0 Å². The van der Waals surface area contributed by atoms with Crippen LogP contribution >= 0.6 is 0 Å². The van der Waals surface area contributed by atoms with Crippen molar-refractivity contribution < 1.29 is 9.90 Å². The van der Waals surface area contributed by atoms with Crippen molar-refractivity contribution in [3.05, 3.63) is 30.1 Å². The van der Waals surface area contributed by atoms with Crippen LogP contribution in [-0.4, -0.2) is 28.1 Å². The molecular weight excluding hydrogens is 240 g/mol. The first-order chi connectivity index (χ1) is 9.24. The minimum Gasteiger partial charge on any atom is -0.393 e. The molecule has 1 aromatic rings. The van der Waals surface area contributed by atoms with Crippen LogP contribution in [0.5, 0.6) is 0 Å². The topological polar surface area (TPSA) is 62.2 Å². The zero-order valence-corrected chi connectivity index (χ0v) is 11.2. The van der Waals surface area contributed by atoms with Gasteiger partial charge in [-0.1, -0.05) is 6.07 Å². The number of pyridine rings is 1. The summed E-state index contributed by atoms with van der Waals surface area (Å²) in [5, 5.41) is 12.5. The summed E-state index contributed by atoms with van der Waals surface area (Å²) in [5.74, 6) is 0.130. The third kappa shape index (κ3) is 4.99. The van der Waals surface area contributed by atoms with Crippen LogP contribution in [0.3, 0.4) is 0 Å². The van der Waals surface area contributed by atoms with Crippen LogP contribution in [0.1, 0.15) is 44.1 Å². The van der Waals surface area contributed by atoms with Crippen molar-refractivity contribution >= 4 is 5.91 Å². The highest BCUT2D eigenvalue weighted by Gasteiger charge is 2.20. The number of nitrogens with one attached hydrogen (secondary N) is 1. The Kier molecular flexibility index (Phi) is 5.33. The van der Waals surface area contributed by atoms with Crippen molar-refractivity contribution in [2.45, 2.75) is 57.1 Å². The Labute approximate surface area is 114 Å². The van der Waals surface area contributed by atoms with Crippen molar-refractivity contribution in [1.82, 2.24) is 10.3 Å². The molecular formula is C15H22N2O2. The van der Waals surface area contributed by atoms with Gasteiger partial charge in [0.2, 0.25) is 5.91 Å². The minimum absolute atomic E-state index is 0.130. The molecule has 0 aromatic carbocycles. The maximum atomic E-state index is 11.8. The van der Waals surface area contributed by atoms with Crippen LogP contribution in [0, 0.1) is 0 Å². The molecule has 19 heavy (non-hydrogen) atoms. The second-order valence-corrected chi connectivity index (χ2v) is 5.29.